The Hall–Kier alpha value is -2.70. The van der Waals surface area contributed by atoms with Crippen LogP contribution in [0, 0.1) is 0 Å². The van der Waals surface area contributed by atoms with Crippen LogP contribution in [0.3, 0.4) is 0 Å². The number of imide groups is 1. The van der Waals surface area contributed by atoms with Crippen molar-refractivity contribution in [3.8, 4) is 0 Å². The van der Waals surface area contributed by atoms with E-state index in [9.17, 15) is 19.2 Å². The van der Waals surface area contributed by atoms with E-state index in [0.717, 1.165) is 18.9 Å². The van der Waals surface area contributed by atoms with Crippen molar-refractivity contribution < 1.29 is 24.3 Å². The van der Waals surface area contributed by atoms with Crippen molar-refractivity contribution in [2.24, 2.45) is 0 Å². The first-order valence-corrected chi connectivity index (χ1v) is 5.69. The number of rotatable bonds is 2. The van der Waals surface area contributed by atoms with Gasteiger partial charge in [0, 0.05) is 20.9 Å². The highest BCUT2D eigenvalue weighted by Gasteiger charge is 2.27. The second-order valence-corrected chi connectivity index (χ2v) is 4.03. The molecule has 0 spiro atoms. The number of hydrogen-bond donors (Lipinski definition) is 1. The number of carboxylic acid groups (broad SMARTS) is 1. The van der Waals surface area contributed by atoms with Crippen LogP contribution in [0.5, 0.6) is 0 Å². The normalized spacial score (nSPS) is 9.75. The lowest BCUT2D eigenvalue weighted by molar-refractivity contribution is -0.155. The van der Waals surface area contributed by atoms with Crippen molar-refractivity contribution >= 4 is 23.7 Å². The fraction of sp³-hybridized carbons (Fsp3) is 0.231. The van der Waals surface area contributed by atoms with E-state index in [2.05, 4.69) is 0 Å². The molecule has 3 amide bonds. The van der Waals surface area contributed by atoms with Crippen LogP contribution in [-0.2, 0) is 9.59 Å². The van der Waals surface area contributed by atoms with Gasteiger partial charge in [-0.05, 0) is 12.1 Å². The molecule has 106 valence electrons. The Morgan fingerprint density at radius 2 is 1.40 bits per heavy atom. The lowest BCUT2D eigenvalue weighted by Crippen LogP contribution is -2.49. The minimum atomic E-state index is -1.26. The number of carbonyl (C=O) groups is 4. The van der Waals surface area contributed by atoms with Gasteiger partial charge in [-0.2, -0.15) is 5.01 Å². The monoisotopic (exact) mass is 278 g/mol. The summed E-state index contributed by atoms with van der Waals surface area (Å²) in [7, 11) is 1.23. The number of hydrogen-bond acceptors (Lipinski definition) is 4. The minimum Gasteiger partial charge on any atom is -0.478 e. The van der Waals surface area contributed by atoms with E-state index < -0.39 is 23.7 Å². The van der Waals surface area contributed by atoms with Crippen molar-refractivity contribution in [2.45, 2.75) is 13.8 Å². The highest BCUT2D eigenvalue weighted by Crippen LogP contribution is 2.13. The van der Waals surface area contributed by atoms with Crippen molar-refractivity contribution in [2.75, 3.05) is 7.05 Å². The maximum absolute atomic E-state index is 12.2. The molecular formula is C13H14N2O5. The molecule has 20 heavy (non-hydrogen) atoms. The van der Waals surface area contributed by atoms with Crippen LogP contribution in [0.15, 0.2) is 24.3 Å². The quantitative estimate of drug-likeness (QED) is 0.806. The Morgan fingerprint density at radius 3 is 1.80 bits per heavy atom. The Kier molecular flexibility index (Phi) is 4.58. The van der Waals surface area contributed by atoms with Gasteiger partial charge in [0.2, 0.25) is 11.8 Å². The SMILES string of the molecule is CC(=O)N(C(C)=O)N(C)C(=O)c1ccccc1C(=O)O. The Balaban J connectivity index is 3.21. The van der Waals surface area contributed by atoms with E-state index in [1.807, 2.05) is 0 Å². The average molecular weight is 278 g/mol. The van der Waals surface area contributed by atoms with Crippen LogP contribution in [0.4, 0.5) is 0 Å². The largest absolute Gasteiger partial charge is 0.478 e. The molecule has 7 nitrogen and oxygen atoms in total. The van der Waals surface area contributed by atoms with Gasteiger partial charge >= 0.3 is 5.97 Å². The van der Waals surface area contributed by atoms with Crippen LogP contribution >= 0.6 is 0 Å². The summed E-state index contributed by atoms with van der Waals surface area (Å²) in [6, 6.07) is 5.57. The lowest BCUT2D eigenvalue weighted by atomic mass is 10.1. The van der Waals surface area contributed by atoms with Crippen LogP contribution in [0.25, 0.3) is 0 Å². The van der Waals surface area contributed by atoms with Crippen molar-refractivity contribution in [3.63, 3.8) is 0 Å². The molecule has 0 saturated carbocycles. The number of hydrazine groups is 1. The summed E-state index contributed by atoms with van der Waals surface area (Å²) in [5.74, 6) is -3.30. The fourth-order valence-corrected chi connectivity index (χ4v) is 1.77. The average Bonchev–Trinajstić information content (AvgIpc) is 2.36. The molecule has 1 aromatic rings. The third-order valence-corrected chi connectivity index (χ3v) is 2.58. The highest BCUT2D eigenvalue weighted by molar-refractivity contribution is 6.06. The van der Waals surface area contributed by atoms with Gasteiger partial charge in [0.15, 0.2) is 0 Å². The second-order valence-electron chi connectivity index (χ2n) is 4.03. The Morgan fingerprint density at radius 1 is 0.950 bits per heavy atom. The molecule has 7 heteroatoms. The number of aromatic carboxylic acids is 1. The van der Waals surface area contributed by atoms with E-state index >= 15 is 0 Å². The molecular weight excluding hydrogens is 264 g/mol. The molecule has 0 aliphatic rings. The summed E-state index contributed by atoms with van der Waals surface area (Å²) < 4.78 is 0. The lowest BCUT2D eigenvalue weighted by Gasteiger charge is -2.28. The molecule has 0 aliphatic carbocycles. The van der Waals surface area contributed by atoms with Gasteiger partial charge in [-0.3, -0.25) is 14.4 Å². The van der Waals surface area contributed by atoms with Crippen molar-refractivity contribution in [3.05, 3.63) is 35.4 Å². The first-order chi connectivity index (χ1) is 9.27. The van der Waals surface area contributed by atoms with E-state index in [1.165, 1.54) is 31.3 Å². The molecule has 0 aliphatic heterocycles. The summed E-state index contributed by atoms with van der Waals surface area (Å²) in [5.41, 5.74) is -0.300. The number of amides is 3. The predicted molar refractivity (Wildman–Crippen MR) is 68.7 cm³/mol. The maximum Gasteiger partial charge on any atom is 0.336 e. The Bertz CT molecular complexity index is 568. The smallest absolute Gasteiger partial charge is 0.336 e. The molecule has 0 atom stereocenters. The van der Waals surface area contributed by atoms with Gasteiger partial charge in [-0.15, -0.1) is 0 Å². The van der Waals surface area contributed by atoms with Crippen LogP contribution in [-0.4, -0.2) is 45.9 Å². The van der Waals surface area contributed by atoms with Crippen molar-refractivity contribution in [1.82, 2.24) is 10.0 Å². The van der Waals surface area contributed by atoms with Gasteiger partial charge in [0.1, 0.15) is 0 Å². The topological polar surface area (TPSA) is 95.0 Å². The van der Waals surface area contributed by atoms with E-state index in [4.69, 9.17) is 5.11 Å². The molecule has 0 heterocycles. The van der Waals surface area contributed by atoms with Gasteiger partial charge in [0.25, 0.3) is 5.91 Å². The zero-order valence-corrected chi connectivity index (χ0v) is 11.3. The van der Waals surface area contributed by atoms with Crippen molar-refractivity contribution in [1.29, 1.82) is 0 Å². The summed E-state index contributed by atoms with van der Waals surface area (Å²) >= 11 is 0. The third-order valence-electron chi connectivity index (χ3n) is 2.58. The first-order valence-electron chi connectivity index (χ1n) is 5.69. The van der Waals surface area contributed by atoms with Gasteiger partial charge < -0.3 is 5.11 Å². The Labute approximate surface area is 115 Å². The van der Waals surface area contributed by atoms with Gasteiger partial charge in [-0.1, -0.05) is 12.1 Å². The van der Waals surface area contributed by atoms with E-state index in [-0.39, 0.29) is 11.1 Å². The standard InChI is InChI=1S/C13H14N2O5/c1-8(16)15(9(2)17)14(3)12(18)10-6-4-5-7-11(10)13(19)20/h4-7H,1-3H3,(H,19,20). The summed E-state index contributed by atoms with van der Waals surface area (Å²) in [4.78, 5) is 46.1. The molecule has 0 bridgehead atoms. The zero-order chi connectivity index (χ0) is 15.4. The van der Waals surface area contributed by atoms with Gasteiger partial charge in [0.05, 0.1) is 11.1 Å². The minimum absolute atomic E-state index is 0.102. The molecule has 1 rings (SSSR count). The van der Waals surface area contributed by atoms with Crippen LogP contribution in [0.2, 0.25) is 0 Å². The third kappa shape index (κ3) is 3.00. The maximum atomic E-state index is 12.2. The molecule has 0 unspecified atom stereocenters. The summed E-state index contributed by atoms with van der Waals surface area (Å²) in [6.45, 7) is 2.27. The first kappa shape index (κ1) is 15.4. The molecule has 0 saturated heterocycles. The molecule has 1 N–H and O–H groups in total. The predicted octanol–water partition coefficient (Wildman–Crippen LogP) is 0.767. The number of nitrogens with zero attached hydrogens (tertiary/aromatic N) is 2. The number of carboxylic acids is 1. The highest BCUT2D eigenvalue weighted by atomic mass is 16.4. The van der Waals surface area contributed by atoms with Gasteiger partial charge in [-0.25, -0.2) is 9.80 Å². The second kappa shape index (κ2) is 5.96. The summed E-state index contributed by atoms with van der Waals surface area (Å²) in [5, 5.41) is 10.5. The fourth-order valence-electron chi connectivity index (χ4n) is 1.77. The molecule has 1 aromatic carbocycles. The molecule has 0 aromatic heterocycles. The summed E-state index contributed by atoms with van der Waals surface area (Å²) in [6.07, 6.45) is 0. The van der Waals surface area contributed by atoms with Crippen LogP contribution in [0.1, 0.15) is 34.6 Å². The molecule has 0 radical (unpaired) electrons. The van der Waals surface area contributed by atoms with Crippen LogP contribution < -0.4 is 0 Å². The number of benzene rings is 1. The number of carbonyl (C=O) groups excluding carboxylic acids is 3. The zero-order valence-electron chi connectivity index (χ0n) is 11.3. The van der Waals surface area contributed by atoms with E-state index in [0.29, 0.717) is 5.01 Å². The molecule has 0 fully saturated rings. The van der Waals surface area contributed by atoms with E-state index in [1.54, 1.807) is 0 Å².